The molecule has 0 bridgehead atoms. The van der Waals surface area contributed by atoms with Crippen LogP contribution in [0.2, 0.25) is 0 Å². The molecule has 0 N–H and O–H groups in total. The molecule has 1 aromatic heterocycles. The summed E-state index contributed by atoms with van der Waals surface area (Å²) in [4.78, 5) is 15.6. The Morgan fingerprint density at radius 3 is 2.59 bits per heavy atom. The Balaban J connectivity index is 1.30. The molecule has 0 radical (unpaired) electrons. The molecule has 0 amide bonds. The predicted octanol–water partition coefficient (Wildman–Crippen LogP) is 5.66. The molecule has 0 unspecified atom stereocenters. The first-order chi connectivity index (χ1) is 19.0. The van der Waals surface area contributed by atoms with Crippen molar-refractivity contribution in [2.45, 2.75) is 26.6 Å². The summed E-state index contributed by atoms with van der Waals surface area (Å²) in [6.07, 6.45) is 3.87. The van der Waals surface area contributed by atoms with Gasteiger partial charge in [-0.15, -0.1) is 0 Å². The molecule has 0 atom stereocenters. The highest BCUT2D eigenvalue weighted by Gasteiger charge is 2.34. The first-order valence-electron chi connectivity index (χ1n) is 12.9. The minimum atomic E-state index is -0.134. The van der Waals surface area contributed by atoms with Gasteiger partial charge in [-0.25, -0.2) is 0 Å². The van der Waals surface area contributed by atoms with Crippen LogP contribution >= 0.6 is 0 Å². The van der Waals surface area contributed by atoms with Crippen LogP contribution in [0.1, 0.15) is 34.0 Å². The fourth-order valence-electron chi connectivity index (χ4n) is 5.29. The third-order valence-electron chi connectivity index (χ3n) is 7.28. The second-order valence-corrected chi connectivity index (χ2v) is 9.56. The van der Waals surface area contributed by atoms with Gasteiger partial charge in [-0.2, -0.15) is 0 Å². The van der Waals surface area contributed by atoms with Crippen LogP contribution in [0.4, 0.5) is 0 Å². The molecule has 0 aliphatic carbocycles. The predicted molar refractivity (Wildman–Crippen MR) is 148 cm³/mol. The van der Waals surface area contributed by atoms with Gasteiger partial charge < -0.3 is 28.3 Å². The van der Waals surface area contributed by atoms with Gasteiger partial charge in [-0.1, -0.05) is 6.07 Å². The summed E-state index contributed by atoms with van der Waals surface area (Å²) < 4.78 is 30.7. The van der Waals surface area contributed by atoms with E-state index in [1.165, 1.54) is 0 Å². The van der Waals surface area contributed by atoms with E-state index in [9.17, 15) is 4.79 Å². The Labute approximate surface area is 226 Å². The van der Waals surface area contributed by atoms with Gasteiger partial charge in [0, 0.05) is 42.3 Å². The molecule has 0 fully saturated rings. The third-order valence-corrected chi connectivity index (χ3v) is 7.28. The molecule has 200 valence electrons. The lowest BCUT2D eigenvalue weighted by atomic mass is 10.0. The maximum Gasteiger partial charge on any atom is 0.231 e. The summed E-state index contributed by atoms with van der Waals surface area (Å²) in [5.41, 5.74) is 4.46. The molecule has 4 aromatic rings. The molecule has 8 heteroatoms. The average Bonchev–Trinajstić information content (AvgIpc) is 3.49. The lowest BCUT2D eigenvalue weighted by Crippen LogP contribution is -2.31. The fourth-order valence-corrected chi connectivity index (χ4v) is 5.29. The van der Waals surface area contributed by atoms with E-state index in [4.69, 9.17) is 23.7 Å². The Morgan fingerprint density at radius 1 is 0.974 bits per heavy atom. The van der Waals surface area contributed by atoms with Crippen molar-refractivity contribution in [2.75, 3.05) is 28.1 Å². The number of ether oxygens (including phenoxy) is 5. The van der Waals surface area contributed by atoms with Crippen molar-refractivity contribution in [3.63, 3.8) is 0 Å². The van der Waals surface area contributed by atoms with Crippen LogP contribution in [0.15, 0.2) is 60.5 Å². The first-order valence-corrected chi connectivity index (χ1v) is 12.9. The van der Waals surface area contributed by atoms with Crippen LogP contribution < -0.4 is 23.7 Å². The highest BCUT2D eigenvalue weighted by Crippen LogP contribution is 2.43. The van der Waals surface area contributed by atoms with Gasteiger partial charge in [0.15, 0.2) is 17.3 Å². The van der Waals surface area contributed by atoms with Gasteiger partial charge in [-0.3, -0.25) is 9.69 Å². The van der Waals surface area contributed by atoms with Crippen LogP contribution in [-0.2, 0) is 19.6 Å². The number of aryl methyl sites for hydroxylation is 1. The van der Waals surface area contributed by atoms with Gasteiger partial charge >= 0.3 is 0 Å². The summed E-state index contributed by atoms with van der Waals surface area (Å²) in [5, 5.41) is 1.00. The van der Waals surface area contributed by atoms with Gasteiger partial charge in [-0.05, 0) is 61.0 Å². The summed E-state index contributed by atoms with van der Waals surface area (Å²) in [6, 6.07) is 15.5. The number of methoxy groups -OCH3 is 3. The zero-order chi connectivity index (χ0) is 27.1. The third kappa shape index (κ3) is 4.36. The van der Waals surface area contributed by atoms with E-state index < -0.39 is 0 Å². The minimum absolute atomic E-state index is 0.134. The van der Waals surface area contributed by atoms with Crippen molar-refractivity contribution >= 4 is 22.8 Å². The number of hydrogen-bond donors (Lipinski definition) is 0. The van der Waals surface area contributed by atoms with Crippen LogP contribution in [0, 0.1) is 0 Å². The second kappa shape index (κ2) is 10.0. The number of allylic oxidation sites excluding steroid dienone is 1. The highest BCUT2D eigenvalue weighted by molar-refractivity contribution is 6.15. The zero-order valence-electron chi connectivity index (χ0n) is 22.4. The lowest BCUT2D eigenvalue weighted by Gasteiger charge is -2.29. The van der Waals surface area contributed by atoms with Crippen molar-refractivity contribution in [2.24, 2.45) is 0 Å². The van der Waals surface area contributed by atoms with Crippen LogP contribution in [0.5, 0.6) is 28.7 Å². The van der Waals surface area contributed by atoms with Crippen molar-refractivity contribution < 1.29 is 28.5 Å². The molecule has 3 heterocycles. The van der Waals surface area contributed by atoms with Gasteiger partial charge in [0.1, 0.15) is 24.0 Å². The standard InChI is InChI=1S/C31H30N2O6/c1-5-33-16-20(23-14-21(35-2)7-9-25(23)33)13-29-30(34)22-8-11-26-24(31(22)39-29)17-32(18-38-26)15-19-6-10-27(36-3)28(12-19)37-4/h6-14,16H,5,15,17-18H2,1-4H3/b29-13-. The Bertz CT molecular complexity index is 1620. The van der Waals surface area contributed by atoms with Crippen molar-refractivity contribution in [1.82, 2.24) is 9.47 Å². The topological polar surface area (TPSA) is 71.4 Å². The largest absolute Gasteiger partial charge is 0.497 e. The molecular weight excluding hydrogens is 496 g/mol. The quantitative estimate of drug-likeness (QED) is 0.288. The molecule has 3 aromatic carbocycles. The van der Waals surface area contributed by atoms with Crippen LogP contribution in [0.3, 0.4) is 0 Å². The Kier molecular flexibility index (Phi) is 6.40. The maximum absolute atomic E-state index is 13.4. The van der Waals surface area contributed by atoms with Gasteiger partial charge in [0.25, 0.3) is 0 Å². The van der Waals surface area contributed by atoms with E-state index in [-0.39, 0.29) is 5.78 Å². The summed E-state index contributed by atoms with van der Waals surface area (Å²) in [6.45, 7) is 4.54. The van der Waals surface area contributed by atoms with E-state index >= 15 is 0 Å². The number of nitrogens with zero attached hydrogens (tertiary/aromatic N) is 2. The van der Waals surface area contributed by atoms with Gasteiger partial charge in [0.05, 0.1) is 32.5 Å². The van der Waals surface area contributed by atoms with E-state index in [0.29, 0.717) is 48.4 Å². The average molecular weight is 527 g/mol. The van der Waals surface area contributed by atoms with E-state index in [1.54, 1.807) is 27.4 Å². The molecule has 6 rings (SSSR count). The molecule has 0 spiro atoms. The van der Waals surface area contributed by atoms with E-state index in [1.807, 2.05) is 54.7 Å². The number of Topliss-reactive ketones (excluding diaryl/α,β-unsaturated/α-hetero) is 1. The SMILES string of the molecule is CCn1cc(/C=C2\Oc3c(ccc4c3CN(Cc3ccc(OC)c(OC)c3)CO4)C2=O)c2cc(OC)ccc21. The molecule has 0 saturated heterocycles. The van der Waals surface area contributed by atoms with Crippen molar-refractivity contribution in [1.29, 1.82) is 0 Å². The normalized spacial score (nSPS) is 15.6. The van der Waals surface area contributed by atoms with Crippen molar-refractivity contribution in [3.05, 3.63) is 82.7 Å². The molecular formula is C31H30N2O6. The number of ketones is 1. The number of fused-ring (bicyclic) bond motifs is 4. The lowest BCUT2D eigenvalue weighted by molar-refractivity contribution is 0.0872. The Morgan fingerprint density at radius 2 is 1.82 bits per heavy atom. The number of carbonyl (C=O) groups is 1. The molecule has 39 heavy (non-hydrogen) atoms. The smallest absolute Gasteiger partial charge is 0.231 e. The maximum atomic E-state index is 13.4. The fraction of sp³-hybridized carbons (Fsp3) is 0.258. The van der Waals surface area contributed by atoms with E-state index in [2.05, 4.69) is 16.4 Å². The zero-order valence-corrected chi connectivity index (χ0v) is 22.4. The molecule has 2 aliphatic rings. The van der Waals surface area contributed by atoms with E-state index in [0.717, 1.165) is 45.6 Å². The number of hydrogen-bond acceptors (Lipinski definition) is 7. The summed E-state index contributed by atoms with van der Waals surface area (Å²) in [5.74, 6) is 3.60. The highest BCUT2D eigenvalue weighted by atomic mass is 16.5. The molecule has 0 saturated carbocycles. The van der Waals surface area contributed by atoms with Crippen LogP contribution in [-0.4, -0.2) is 43.3 Å². The monoisotopic (exact) mass is 526 g/mol. The van der Waals surface area contributed by atoms with Gasteiger partial charge in [0.2, 0.25) is 5.78 Å². The van der Waals surface area contributed by atoms with Crippen molar-refractivity contribution in [3.8, 4) is 28.7 Å². The number of benzene rings is 3. The molecule has 2 aliphatic heterocycles. The summed E-state index contributed by atoms with van der Waals surface area (Å²) >= 11 is 0. The second-order valence-electron chi connectivity index (χ2n) is 9.56. The minimum Gasteiger partial charge on any atom is -0.497 e. The number of rotatable bonds is 7. The first kappa shape index (κ1) is 24.9. The number of aromatic nitrogens is 1. The number of carbonyl (C=O) groups excluding carboxylic acids is 1. The Hall–Kier alpha value is -4.43. The molecule has 8 nitrogen and oxygen atoms in total. The van der Waals surface area contributed by atoms with Crippen LogP contribution in [0.25, 0.3) is 17.0 Å². The summed E-state index contributed by atoms with van der Waals surface area (Å²) in [7, 11) is 4.90.